The van der Waals surface area contributed by atoms with Crippen molar-refractivity contribution < 1.29 is 38.8 Å². The van der Waals surface area contributed by atoms with E-state index in [1.54, 1.807) is 0 Å². The van der Waals surface area contributed by atoms with E-state index in [2.05, 4.69) is 13.4 Å². The first-order valence-electron chi connectivity index (χ1n) is 8.90. The monoisotopic (exact) mass is 443 g/mol. The Hall–Kier alpha value is -0.745. The molecule has 11 heteroatoms. The number of pyridine rings is 1. The number of imidazole rings is 2. The largest absolute Gasteiger partial charge is 1.00 e. The second-order valence-corrected chi connectivity index (χ2v) is 7.72. The number of nitrogens with zero attached hydrogens (tertiary/aromatic N) is 5. The van der Waals surface area contributed by atoms with Crippen LogP contribution in [0.2, 0.25) is 0 Å². The number of hydrogen-bond donors (Lipinski definition) is 0. The molecule has 1 aliphatic heterocycles. The Labute approximate surface area is 203 Å². The molecule has 144 valence electrons. The summed E-state index contributed by atoms with van der Waals surface area (Å²) >= 11 is 16.6. The maximum absolute atomic E-state index is 5.54. The Bertz CT molecular complexity index is 962. The number of aryl methyl sites for hydroxylation is 2. The van der Waals surface area contributed by atoms with Crippen LogP contribution < -0.4 is 34.0 Å². The molecule has 0 saturated carbocycles. The van der Waals surface area contributed by atoms with Crippen molar-refractivity contribution in [1.29, 1.82) is 0 Å². The SMILES string of the molecule is C1CCOC1.Cn1ccn([BH-](n2ccn(C)c2=S)[n+]2ccccc2[S-])c1=S.[Na+]. The van der Waals surface area contributed by atoms with Crippen molar-refractivity contribution >= 4 is 44.2 Å². The van der Waals surface area contributed by atoms with Gasteiger partial charge in [0.2, 0.25) is 0 Å². The number of rotatable bonds is 3. The van der Waals surface area contributed by atoms with E-state index in [0.717, 1.165) is 27.8 Å². The van der Waals surface area contributed by atoms with Gasteiger partial charge in [0.1, 0.15) is 15.7 Å². The average Bonchev–Trinajstić information content (AvgIpc) is 3.40. The molecular formula is C17H23BN5NaOS3. The third-order valence-electron chi connectivity index (χ3n) is 4.68. The van der Waals surface area contributed by atoms with E-state index >= 15 is 0 Å². The van der Waals surface area contributed by atoms with Gasteiger partial charge in [0.25, 0.3) is 0 Å². The first-order chi connectivity index (χ1) is 13.0. The van der Waals surface area contributed by atoms with E-state index in [9.17, 15) is 0 Å². The van der Waals surface area contributed by atoms with Crippen molar-refractivity contribution in [2.45, 2.75) is 17.9 Å². The van der Waals surface area contributed by atoms with E-state index in [0.29, 0.717) is 0 Å². The summed E-state index contributed by atoms with van der Waals surface area (Å²) in [5.41, 5.74) is 0. The van der Waals surface area contributed by atoms with Crippen LogP contribution in [0.4, 0.5) is 0 Å². The Balaban J connectivity index is 0.000000408. The quantitative estimate of drug-likeness (QED) is 0.298. The van der Waals surface area contributed by atoms with Gasteiger partial charge in [-0.3, -0.25) is 0 Å². The molecule has 0 bridgehead atoms. The van der Waals surface area contributed by atoms with E-state index in [4.69, 9.17) is 41.8 Å². The maximum Gasteiger partial charge on any atom is 1.00 e. The van der Waals surface area contributed by atoms with Gasteiger partial charge >= 0.3 is 36.7 Å². The molecule has 1 saturated heterocycles. The topological polar surface area (TPSA) is 32.8 Å². The van der Waals surface area contributed by atoms with Crippen LogP contribution in [0.5, 0.6) is 0 Å². The Morgan fingerprint density at radius 2 is 1.50 bits per heavy atom. The van der Waals surface area contributed by atoms with Gasteiger partial charge in [-0.05, 0) is 61.8 Å². The van der Waals surface area contributed by atoms with E-state index in [1.165, 1.54) is 12.8 Å². The van der Waals surface area contributed by atoms with Gasteiger partial charge in [0.05, 0.1) is 0 Å². The number of hydrogen-bond acceptors (Lipinski definition) is 4. The molecule has 4 rings (SSSR count). The summed E-state index contributed by atoms with van der Waals surface area (Å²) in [6, 6.07) is 5.81. The predicted octanol–water partition coefficient (Wildman–Crippen LogP) is -0.918. The van der Waals surface area contributed by atoms with Gasteiger partial charge in [-0.1, -0.05) is 6.07 Å². The van der Waals surface area contributed by atoms with Crippen LogP contribution >= 0.6 is 24.4 Å². The Morgan fingerprint density at radius 3 is 1.86 bits per heavy atom. The Kier molecular flexibility index (Phi) is 9.13. The zero-order chi connectivity index (χ0) is 19.4. The molecule has 28 heavy (non-hydrogen) atoms. The van der Waals surface area contributed by atoms with Crippen LogP contribution in [-0.4, -0.2) is 38.4 Å². The van der Waals surface area contributed by atoms with Gasteiger partial charge in [-0.2, -0.15) is 0 Å². The van der Waals surface area contributed by atoms with Crippen molar-refractivity contribution in [3.63, 3.8) is 0 Å². The maximum atomic E-state index is 5.54. The molecule has 6 nitrogen and oxygen atoms in total. The molecule has 3 aromatic heterocycles. The smallest absolute Gasteiger partial charge is 0.715 e. The first kappa shape index (κ1) is 23.5. The number of aromatic nitrogens is 5. The molecule has 0 N–H and O–H groups in total. The molecule has 1 aliphatic rings. The standard InChI is InChI=1S/C13H16BN5S3.C4H8O.Na/c1-15-7-9-18(12(15)21)14(17-6-4-3-5-11(17)20)19-10-8-16(2)13(19)22;1-2-4-5-3-1;/h3-10,14,20H,1-2H3;1-4H2;/q;;+1/p-1. The van der Waals surface area contributed by atoms with Crippen LogP contribution in [0.3, 0.4) is 0 Å². The molecule has 0 aromatic carbocycles. The van der Waals surface area contributed by atoms with Gasteiger partial charge in [0, 0.05) is 44.7 Å². The summed E-state index contributed by atoms with van der Waals surface area (Å²) in [6.45, 7) is 2.00. The van der Waals surface area contributed by atoms with E-state index in [-0.39, 0.29) is 29.6 Å². The van der Waals surface area contributed by atoms with Crippen LogP contribution in [0.25, 0.3) is 0 Å². The summed E-state index contributed by atoms with van der Waals surface area (Å²) in [7, 11) is 2.57. The predicted molar refractivity (Wildman–Crippen MR) is 114 cm³/mol. The minimum Gasteiger partial charge on any atom is -0.715 e. The normalized spacial score (nSPS) is 13.1. The van der Waals surface area contributed by atoms with E-state index in [1.807, 2.05) is 72.4 Å². The summed E-state index contributed by atoms with van der Waals surface area (Å²) in [4.78, 5) is 0. The summed E-state index contributed by atoms with van der Waals surface area (Å²) in [5.74, 6) is 0. The molecular weight excluding hydrogens is 420 g/mol. The van der Waals surface area contributed by atoms with Crippen LogP contribution in [0, 0.1) is 9.54 Å². The zero-order valence-electron chi connectivity index (χ0n) is 16.5. The van der Waals surface area contributed by atoms with E-state index < -0.39 is 7.12 Å². The minimum atomic E-state index is -1.30. The van der Waals surface area contributed by atoms with Crippen molar-refractivity contribution in [2.24, 2.45) is 14.1 Å². The molecule has 0 amide bonds. The summed E-state index contributed by atoms with van der Waals surface area (Å²) < 4.78 is 16.4. The fraction of sp³-hybridized carbons (Fsp3) is 0.353. The molecule has 0 aliphatic carbocycles. The summed E-state index contributed by atoms with van der Waals surface area (Å²) in [5, 5.41) is 0.749. The molecule has 0 spiro atoms. The average molecular weight is 443 g/mol. The van der Waals surface area contributed by atoms with Gasteiger partial charge in [0.15, 0.2) is 0 Å². The van der Waals surface area contributed by atoms with Crippen LogP contribution in [0.15, 0.2) is 54.2 Å². The fourth-order valence-electron chi connectivity index (χ4n) is 3.15. The minimum absolute atomic E-state index is 0. The van der Waals surface area contributed by atoms with Gasteiger partial charge < -0.3 is 39.9 Å². The molecule has 0 unspecified atom stereocenters. The van der Waals surface area contributed by atoms with Crippen molar-refractivity contribution in [3.05, 3.63) is 58.7 Å². The fourth-order valence-corrected chi connectivity index (χ4v) is 3.88. The molecule has 4 heterocycles. The third-order valence-corrected chi connectivity index (χ3v) is 6.09. The van der Waals surface area contributed by atoms with Crippen molar-refractivity contribution in [1.82, 2.24) is 18.1 Å². The summed E-state index contributed by atoms with van der Waals surface area (Å²) in [6.07, 6.45) is 12.4. The van der Waals surface area contributed by atoms with Gasteiger partial charge in [-0.15, -0.1) is 0 Å². The van der Waals surface area contributed by atoms with Crippen molar-refractivity contribution in [3.8, 4) is 0 Å². The third kappa shape index (κ3) is 5.24. The molecule has 3 aromatic rings. The Morgan fingerprint density at radius 1 is 0.964 bits per heavy atom. The molecule has 1 fully saturated rings. The zero-order valence-corrected chi connectivity index (χ0v) is 21.0. The molecule has 0 atom stereocenters. The first-order valence-corrected chi connectivity index (χ1v) is 10.1. The second-order valence-electron chi connectivity index (χ2n) is 6.58. The molecule has 0 radical (unpaired) electrons. The van der Waals surface area contributed by atoms with Crippen LogP contribution in [-0.2, 0) is 31.5 Å². The number of ether oxygens (including phenoxy) is 1. The second kappa shape index (κ2) is 10.9. The van der Waals surface area contributed by atoms with Crippen LogP contribution in [0.1, 0.15) is 12.8 Å². The van der Waals surface area contributed by atoms with Crippen molar-refractivity contribution in [2.75, 3.05) is 13.2 Å². The van der Waals surface area contributed by atoms with Gasteiger partial charge in [-0.25, -0.2) is 0 Å².